The second kappa shape index (κ2) is 5.77. The van der Waals surface area contributed by atoms with Crippen molar-refractivity contribution >= 4 is 15.5 Å². The highest BCUT2D eigenvalue weighted by molar-refractivity contribution is 7.90. The molecule has 0 saturated heterocycles. The van der Waals surface area contributed by atoms with Gasteiger partial charge < -0.3 is 10.5 Å². The predicted molar refractivity (Wildman–Crippen MR) is 84.6 cm³/mol. The van der Waals surface area contributed by atoms with Gasteiger partial charge in [-0.05, 0) is 35.7 Å². The molecule has 0 bridgehead atoms. The molecular formula is C16H19NO3S. The lowest BCUT2D eigenvalue weighted by Gasteiger charge is -2.15. The predicted octanol–water partition coefficient (Wildman–Crippen LogP) is 3.59. The van der Waals surface area contributed by atoms with Crippen LogP contribution < -0.4 is 10.5 Å². The van der Waals surface area contributed by atoms with E-state index in [1.54, 1.807) is 6.07 Å². The number of sulfone groups is 1. The number of anilines is 1. The summed E-state index contributed by atoms with van der Waals surface area (Å²) < 4.78 is 28.9. The Morgan fingerprint density at radius 1 is 1.05 bits per heavy atom. The number of para-hydroxylation sites is 1. The van der Waals surface area contributed by atoms with E-state index in [9.17, 15) is 8.42 Å². The third-order valence-corrected chi connectivity index (χ3v) is 4.28. The second-order valence-electron chi connectivity index (χ2n) is 5.27. The fourth-order valence-corrected chi connectivity index (χ4v) is 2.68. The zero-order valence-electron chi connectivity index (χ0n) is 12.3. The average molecular weight is 305 g/mol. The van der Waals surface area contributed by atoms with Gasteiger partial charge in [0.25, 0.3) is 0 Å². The van der Waals surface area contributed by atoms with Gasteiger partial charge in [0.2, 0.25) is 0 Å². The summed E-state index contributed by atoms with van der Waals surface area (Å²) in [4.78, 5) is 0.185. The maximum atomic E-state index is 11.5. The zero-order chi connectivity index (χ0) is 15.6. The zero-order valence-corrected chi connectivity index (χ0v) is 13.1. The molecule has 0 atom stereocenters. The lowest BCUT2D eigenvalue weighted by Crippen LogP contribution is -2.00. The fourth-order valence-electron chi connectivity index (χ4n) is 2.02. The van der Waals surface area contributed by atoms with Crippen LogP contribution in [0.15, 0.2) is 47.4 Å². The van der Waals surface area contributed by atoms with Crippen molar-refractivity contribution in [3.8, 4) is 11.5 Å². The first-order valence-corrected chi connectivity index (χ1v) is 8.54. The Balaban J connectivity index is 2.37. The third-order valence-electron chi connectivity index (χ3n) is 3.17. The van der Waals surface area contributed by atoms with Crippen LogP contribution in [0, 0.1) is 0 Å². The minimum absolute atomic E-state index is 0.185. The Hall–Kier alpha value is -2.01. The van der Waals surface area contributed by atoms with Crippen LogP contribution in [0.2, 0.25) is 0 Å². The molecule has 0 spiro atoms. The van der Waals surface area contributed by atoms with Crippen molar-refractivity contribution in [2.75, 3.05) is 12.0 Å². The van der Waals surface area contributed by atoms with Crippen LogP contribution in [0.4, 0.5) is 5.69 Å². The molecule has 21 heavy (non-hydrogen) atoms. The number of hydrogen-bond donors (Lipinski definition) is 1. The molecule has 0 amide bonds. The smallest absolute Gasteiger partial charge is 0.175 e. The minimum atomic E-state index is -3.27. The van der Waals surface area contributed by atoms with Gasteiger partial charge in [0.05, 0.1) is 10.6 Å². The molecule has 2 aromatic carbocycles. The first kappa shape index (κ1) is 15.4. The normalized spacial score (nSPS) is 11.6. The van der Waals surface area contributed by atoms with E-state index in [2.05, 4.69) is 13.8 Å². The molecular weight excluding hydrogens is 286 g/mol. The summed E-state index contributed by atoms with van der Waals surface area (Å²) in [6.45, 7) is 4.16. The van der Waals surface area contributed by atoms with Crippen molar-refractivity contribution < 1.29 is 13.2 Å². The molecule has 0 saturated carbocycles. The number of nitrogen functional groups attached to an aromatic ring is 1. The van der Waals surface area contributed by atoms with Gasteiger partial charge in [0.1, 0.15) is 11.5 Å². The maximum absolute atomic E-state index is 11.5. The molecule has 0 aliphatic carbocycles. The van der Waals surface area contributed by atoms with E-state index >= 15 is 0 Å². The molecule has 112 valence electrons. The maximum Gasteiger partial charge on any atom is 0.175 e. The van der Waals surface area contributed by atoms with Gasteiger partial charge in [-0.2, -0.15) is 0 Å². The summed E-state index contributed by atoms with van der Waals surface area (Å²) in [5.41, 5.74) is 7.28. The first-order chi connectivity index (χ1) is 9.79. The quantitative estimate of drug-likeness (QED) is 0.876. The Bertz CT molecular complexity index is 752. The van der Waals surface area contributed by atoms with Crippen LogP contribution in [0.25, 0.3) is 0 Å². The Kier molecular flexibility index (Phi) is 4.23. The summed E-state index contributed by atoms with van der Waals surface area (Å²) in [6.07, 6.45) is 1.15. The van der Waals surface area contributed by atoms with E-state index in [1.165, 1.54) is 12.1 Å². The Morgan fingerprint density at radius 3 is 2.29 bits per heavy atom. The summed E-state index contributed by atoms with van der Waals surface area (Å²) in [6, 6.07) is 12.2. The van der Waals surface area contributed by atoms with Crippen molar-refractivity contribution in [3.63, 3.8) is 0 Å². The molecule has 0 unspecified atom stereocenters. The van der Waals surface area contributed by atoms with Crippen LogP contribution in [0.3, 0.4) is 0 Å². The van der Waals surface area contributed by atoms with Crippen molar-refractivity contribution in [3.05, 3.63) is 48.0 Å². The fraction of sp³-hybridized carbons (Fsp3) is 0.250. The highest BCUT2D eigenvalue weighted by atomic mass is 32.2. The number of hydrogen-bond acceptors (Lipinski definition) is 4. The van der Waals surface area contributed by atoms with Gasteiger partial charge in [0, 0.05) is 6.26 Å². The van der Waals surface area contributed by atoms with E-state index in [0.29, 0.717) is 17.4 Å². The highest BCUT2D eigenvalue weighted by Gasteiger charge is 2.13. The molecule has 0 aromatic heterocycles. The third kappa shape index (κ3) is 3.55. The summed E-state index contributed by atoms with van der Waals surface area (Å²) in [7, 11) is -3.27. The monoisotopic (exact) mass is 305 g/mol. The van der Waals surface area contributed by atoms with Crippen molar-refractivity contribution in [1.29, 1.82) is 0 Å². The van der Waals surface area contributed by atoms with E-state index < -0.39 is 9.84 Å². The lowest BCUT2D eigenvalue weighted by atomic mass is 10.0. The molecule has 0 fully saturated rings. The minimum Gasteiger partial charge on any atom is -0.455 e. The van der Waals surface area contributed by atoms with Gasteiger partial charge in [0.15, 0.2) is 9.84 Å². The van der Waals surface area contributed by atoms with Crippen molar-refractivity contribution in [2.45, 2.75) is 24.7 Å². The van der Waals surface area contributed by atoms with Crippen molar-refractivity contribution in [2.24, 2.45) is 0 Å². The number of nitrogens with two attached hydrogens (primary N) is 1. The molecule has 2 N–H and O–H groups in total. The van der Waals surface area contributed by atoms with Crippen LogP contribution in [0.1, 0.15) is 25.3 Å². The molecule has 0 heterocycles. The molecule has 0 aliphatic heterocycles. The second-order valence-corrected chi connectivity index (χ2v) is 7.28. The molecule has 0 aliphatic rings. The SMILES string of the molecule is CC(C)c1ccccc1Oc1ccc(S(C)(=O)=O)cc1N. The number of benzene rings is 2. The Morgan fingerprint density at radius 2 is 1.71 bits per heavy atom. The van der Waals surface area contributed by atoms with Gasteiger partial charge in [-0.3, -0.25) is 0 Å². The summed E-state index contributed by atoms with van der Waals surface area (Å²) in [5, 5.41) is 0. The molecule has 4 nitrogen and oxygen atoms in total. The lowest BCUT2D eigenvalue weighted by molar-refractivity contribution is 0.475. The average Bonchev–Trinajstić information content (AvgIpc) is 2.40. The van der Waals surface area contributed by atoms with Crippen LogP contribution in [-0.2, 0) is 9.84 Å². The molecule has 5 heteroatoms. The molecule has 0 radical (unpaired) electrons. The largest absolute Gasteiger partial charge is 0.455 e. The van der Waals surface area contributed by atoms with Crippen LogP contribution >= 0.6 is 0 Å². The van der Waals surface area contributed by atoms with E-state index in [4.69, 9.17) is 10.5 Å². The first-order valence-electron chi connectivity index (χ1n) is 6.65. The van der Waals surface area contributed by atoms with Gasteiger partial charge >= 0.3 is 0 Å². The van der Waals surface area contributed by atoms with Crippen LogP contribution in [-0.4, -0.2) is 14.7 Å². The summed E-state index contributed by atoms with van der Waals surface area (Å²) >= 11 is 0. The number of ether oxygens (including phenoxy) is 1. The number of rotatable bonds is 4. The van der Waals surface area contributed by atoms with Gasteiger partial charge in [-0.1, -0.05) is 32.0 Å². The Labute approximate surface area is 125 Å². The highest BCUT2D eigenvalue weighted by Crippen LogP contribution is 2.34. The molecule has 2 aromatic rings. The van der Waals surface area contributed by atoms with E-state index in [1.807, 2.05) is 24.3 Å². The van der Waals surface area contributed by atoms with Crippen LogP contribution in [0.5, 0.6) is 11.5 Å². The van der Waals surface area contributed by atoms with Gasteiger partial charge in [-0.25, -0.2) is 8.42 Å². The molecule has 2 rings (SSSR count). The standard InChI is InChI=1S/C16H19NO3S/c1-11(2)13-6-4-5-7-15(13)20-16-9-8-12(10-14(16)17)21(3,18)19/h4-11H,17H2,1-3H3. The summed E-state index contributed by atoms with van der Waals surface area (Å²) in [5.74, 6) is 1.50. The van der Waals surface area contributed by atoms with Gasteiger partial charge in [-0.15, -0.1) is 0 Å². The topological polar surface area (TPSA) is 69.4 Å². The van der Waals surface area contributed by atoms with E-state index in [-0.39, 0.29) is 4.90 Å². The van der Waals surface area contributed by atoms with E-state index in [0.717, 1.165) is 17.6 Å². The van der Waals surface area contributed by atoms with Crippen molar-refractivity contribution in [1.82, 2.24) is 0 Å².